The van der Waals surface area contributed by atoms with Gasteiger partial charge in [-0.1, -0.05) is 18.2 Å². The van der Waals surface area contributed by atoms with Gasteiger partial charge in [0.05, 0.1) is 0 Å². The van der Waals surface area contributed by atoms with Gasteiger partial charge in [0.15, 0.2) is 0 Å². The molecule has 1 aliphatic heterocycles. The summed E-state index contributed by atoms with van der Waals surface area (Å²) in [5.74, 6) is 0. The lowest BCUT2D eigenvalue weighted by atomic mass is 10.1. The van der Waals surface area contributed by atoms with Crippen LogP contribution in [0, 0.1) is 13.8 Å². The molecule has 1 unspecified atom stereocenters. The van der Waals surface area contributed by atoms with Crippen LogP contribution in [0.2, 0.25) is 0 Å². The zero-order valence-electron chi connectivity index (χ0n) is 11.8. The fourth-order valence-electron chi connectivity index (χ4n) is 2.64. The minimum Gasteiger partial charge on any atom is -0.385 e. The highest BCUT2D eigenvalue weighted by molar-refractivity contribution is 5.56. The van der Waals surface area contributed by atoms with Crippen LogP contribution in [0.15, 0.2) is 18.2 Å². The standard InChI is InChI=1S/C15H25N3/c1-12-5-4-6-13(2)15(12)17-8-7-14-11-16-9-10-18(14)3/h4-6,14,16-17H,7-11H2,1-3H3. The first-order chi connectivity index (χ1) is 8.68. The average Bonchev–Trinajstić information content (AvgIpc) is 2.35. The fraction of sp³-hybridized carbons (Fsp3) is 0.600. The highest BCUT2D eigenvalue weighted by Gasteiger charge is 2.17. The molecule has 0 spiro atoms. The molecule has 18 heavy (non-hydrogen) atoms. The molecule has 1 aromatic rings. The van der Waals surface area contributed by atoms with Crippen LogP contribution in [0.1, 0.15) is 17.5 Å². The zero-order valence-corrected chi connectivity index (χ0v) is 11.8. The fourth-order valence-corrected chi connectivity index (χ4v) is 2.64. The van der Waals surface area contributed by atoms with Gasteiger partial charge in [-0.25, -0.2) is 0 Å². The smallest absolute Gasteiger partial charge is 0.0399 e. The summed E-state index contributed by atoms with van der Waals surface area (Å²) >= 11 is 0. The molecule has 0 aromatic heterocycles. The highest BCUT2D eigenvalue weighted by atomic mass is 15.2. The number of benzene rings is 1. The van der Waals surface area contributed by atoms with Crippen molar-refractivity contribution in [2.75, 3.05) is 38.5 Å². The van der Waals surface area contributed by atoms with E-state index < -0.39 is 0 Å². The Morgan fingerprint density at radius 2 is 2.06 bits per heavy atom. The van der Waals surface area contributed by atoms with E-state index in [0.29, 0.717) is 6.04 Å². The van der Waals surface area contributed by atoms with Crippen LogP contribution in [-0.4, -0.2) is 44.2 Å². The highest BCUT2D eigenvalue weighted by Crippen LogP contribution is 2.19. The first kappa shape index (κ1) is 13.4. The summed E-state index contributed by atoms with van der Waals surface area (Å²) in [7, 11) is 2.23. The molecule has 0 amide bonds. The van der Waals surface area contributed by atoms with E-state index in [4.69, 9.17) is 0 Å². The maximum absolute atomic E-state index is 3.59. The van der Waals surface area contributed by atoms with Gasteiger partial charge in [0.2, 0.25) is 0 Å². The van der Waals surface area contributed by atoms with Gasteiger partial charge >= 0.3 is 0 Å². The molecule has 2 rings (SSSR count). The third kappa shape index (κ3) is 3.24. The van der Waals surface area contributed by atoms with Crippen molar-refractivity contribution in [1.29, 1.82) is 0 Å². The monoisotopic (exact) mass is 247 g/mol. The molecule has 1 aromatic carbocycles. The van der Waals surface area contributed by atoms with Crippen LogP contribution in [0.5, 0.6) is 0 Å². The second-order valence-electron chi connectivity index (χ2n) is 5.32. The second-order valence-corrected chi connectivity index (χ2v) is 5.32. The topological polar surface area (TPSA) is 27.3 Å². The van der Waals surface area contributed by atoms with Gasteiger partial charge in [0, 0.05) is 37.9 Å². The maximum Gasteiger partial charge on any atom is 0.0399 e. The number of hydrogen-bond donors (Lipinski definition) is 2. The van der Waals surface area contributed by atoms with E-state index in [-0.39, 0.29) is 0 Å². The van der Waals surface area contributed by atoms with E-state index in [0.717, 1.165) is 26.2 Å². The Kier molecular flexibility index (Phi) is 4.61. The van der Waals surface area contributed by atoms with Crippen molar-refractivity contribution >= 4 is 5.69 Å². The molecule has 0 radical (unpaired) electrons. The third-order valence-electron chi connectivity index (χ3n) is 3.91. The van der Waals surface area contributed by atoms with Crippen molar-refractivity contribution in [2.24, 2.45) is 0 Å². The molecule has 1 saturated heterocycles. The third-order valence-corrected chi connectivity index (χ3v) is 3.91. The maximum atomic E-state index is 3.59. The first-order valence-corrected chi connectivity index (χ1v) is 6.89. The first-order valence-electron chi connectivity index (χ1n) is 6.89. The number of nitrogens with zero attached hydrogens (tertiary/aromatic N) is 1. The van der Waals surface area contributed by atoms with Crippen molar-refractivity contribution in [2.45, 2.75) is 26.3 Å². The molecule has 1 heterocycles. The number of likely N-dealkylation sites (N-methyl/N-ethyl adjacent to an activating group) is 1. The molecular formula is C15H25N3. The van der Waals surface area contributed by atoms with E-state index in [1.807, 2.05) is 0 Å². The molecule has 100 valence electrons. The summed E-state index contributed by atoms with van der Waals surface area (Å²) in [6.07, 6.45) is 1.19. The summed E-state index contributed by atoms with van der Waals surface area (Å²) in [4.78, 5) is 2.46. The van der Waals surface area contributed by atoms with E-state index in [9.17, 15) is 0 Å². The van der Waals surface area contributed by atoms with Crippen LogP contribution >= 0.6 is 0 Å². The number of anilines is 1. The van der Waals surface area contributed by atoms with Gasteiger partial charge in [-0.3, -0.25) is 0 Å². The molecular weight excluding hydrogens is 222 g/mol. The summed E-state index contributed by atoms with van der Waals surface area (Å²) in [5, 5.41) is 7.06. The van der Waals surface area contributed by atoms with Crippen LogP contribution < -0.4 is 10.6 Å². The largest absolute Gasteiger partial charge is 0.385 e. The van der Waals surface area contributed by atoms with Crippen molar-refractivity contribution in [3.63, 3.8) is 0 Å². The number of nitrogens with one attached hydrogen (secondary N) is 2. The molecule has 0 bridgehead atoms. The van der Waals surface area contributed by atoms with Crippen LogP contribution in [0.25, 0.3) is 0 Å². The molecule has 1 aliphatic rings. The van der Waals surface area contributed by atoms with Gasteiger partial charge < -0.3 is 15.5 Å². The van der Waals surface area contributed by atoms with E-state index in [2.05, 4.69) is 54.6 Å². The van der Waals surface area contributed by atoms with Gasteiger partial charge in [-0.05, 0) is 38.4 Å². The van der Waals surface area contributed by atoms with Crippen molar-refractivity contribution < 1.29 is 0 Å². The number of hydrogen-bond acceptors (Lipinski definition) is 3. The molecule has 3 nitrogen and oxygen atoms in total. The minimum absolute atomic E-state index is 0.663. The minimum atomic E-state index is 0.663. The van der Waals surface area contributed by atoms with Crippen molar-refractivity contribution in [3.8, 4) is 0 Å². The van der Waals surface area contributed by atoms with Crippen molar-refractivity contribution in [3.05, 3.63) is 29.3 Å². The molecule has 2 N–H and O–H groups in total. The molecule has 1 atom stereocenters. The Morgan fingerprint density at radius 1 is 1.33 bits per heavy atom. The predicted octanol–water partition coefficient (Wildman–Crippen LogP) is 2.01. The predicted molar refractivity (Wildman–Crippen MR) is 78.3 cm³/mol. The van der Waals surface area contributed by atoms with E-state index in [1.54, 1.807) is 0 Å². The summed E-state index contributed by atoms with van der Waals surface area (Å²) in [6, 6.07) is 7.12. The van der Waals surface area contributed by atoms with Gasteiger partial charge in [-0.15, -0.1) is 0 Å². The van der Waals surface area contributed by atoms with Crippen LogP contribution in [0.3, 0.4) is 0 Å². The zero-order chi connectivity index (χ0) is 13.0. The number of rotatable bonds is 4. The summed E-state index contributed by atoms with van der Waals surface area (Å²) < 4.78 is 0. The lowest BCUT2D eigenvalue weighted by Crippen LogP contribution is -2.49. The molecule has 1 fully saturated rings. The van der Waals surface area contributed by atoms with Crippen molar-refractivity contribution in [1.82, 2.24) is 10.2 Å². The number of piperazine rings is 1. The molecule has 0 saturated carbocycles. The Morgan fingerprint density at radius 3 is 2.72 bits per heavy atom. The lowest BCUT2D eigenvalue weighted by molar-refractivity contribution is 0.194. The molecule has 3 heteroatoms. The van der Waals surface area contributed by atoms with Crippen LogP contribution in [-0.2, 0) is 0 Å². The Labute approximate surface area is 111 Å². The number of aryl methyl sites for hydroxylation is 2. The van der Waals surface area contributed by atoms with E-state index >= 15 is 0 Å². The normalized spacial score (nSPS) is 20.9. The van der Waals surface area contributed by atoms with Crippen LogP contribution in [0.4, 0.5) is 5.69 Å². The lowest BCUT2D eigenvalue weighted by Gasteiger charge is -2.33. The average molecular weight is 247 g/mol. The summed E-state index contributed by atoms with van der Waals surface area (Å²) in [5.41, 5.74) is 3.99. The molecule has 0 aliphatic carbocycles. The quantitative estimate of drug-likeness (QED) is 0.852. The Balaban J connectivity index is 1.84. The number of para-hydroxylation sites is 1. The Bertz CT molecular complexity index is 369. The van der Waals surface area contributed by atoms with Gasteiger partial charge in [0.25, 0.3) is 0 Å². The van der Waals surface area contributed by atoms with E-state index in [1.165, 1.54) is 23.2 Å². The van der Waals surface area contributed by atoms with Gasteiger partial charge in [0.1, 0.15) is 0 Å². The SMILES string of the molecule is Cc1cccc(C)c1NCCC1CNCCN1C. The summed E-state index contributed by atoms with van der Waals surface area (Å²) in [6.45, 7) is 8.78. The Hall–Kier alpha value is -1.06. The second kappa shape index (κ2) is 6.21. The van der Waals surface area contributed by atoms with Gasteiger partial charge in [-0.2, -0.15) is 0 Å².